The lowest BCUT2D eigenvalue weighted by Crippen LogP contribution is -2.50. The van der Waals surface area contributed by atoms with Crippen LogP contribution < -0.4 is 32.3 Å². The van der Waals surface area contributed by atoms with Crippen LogP contribution in [0, 0.1) is 11.6 Å². The SMILES string of the molecule is CCC(=O)NCCNC(=O)NC(N)=NCCCC(NC(=O)[C@@H](c1ccccc1)N1Cc2ccccc2C1)C(=O)NCc1c(F)cc(O)cc1F. The van der Waals surface area contributed by atoms with Crippen molar-refractivity contribution in [1.29, 1.82) is 0 Å². The molecule has 0 saturated heterocycles. The van der Waals surface area contributed by atoms with Crippen LogP contribution in [0.15, 0.2) is 71.7 Å². The van der Waals surface area contributed by atoms with Crippen molar-refractivity contribution >= 4 is 29.7 Å². The minimum absolute atomic E-state index is 0.0694. The number of phenolic OH excluding ortho intramolecular Hbond substituents is 1. The van der Waals surface area contributed by atoms with E-state index in [9.17, 15) is 33.1 Å². The molecule has 3 aromatic carbocycles. The molecule has 5 amide bonds. The molecular formula is C35H42F2N8O5. The molecule has 0 saturated carbocycles. The maximum absolute atomic E-state index is 14.4. The number of benzene rings is 3. The van der Waals surface area contributed by atoms with Gasteiger partial charge in [-0.25, -0.2) is 13.6 Å². The van der Waals surface area contributed by atoms with Gasteiger partial charge in [-0.15, -0.1) is 0 Å². The number of rotatable bonds is 15. The van der Waals surface area contributed by atoms with Crippen molar-refractivity contribution in [2.75, 3.05) is 19.6 Å². The molecule has 8 N–H and O–H groups in total. The molecule has 1 heterocycles. The number of fused-ring (bicyclic) bond motifs is 1. The van der Waals surface area contributed by atoms with Crippen LogP contribution in [0.2, 0.25) is 0 Å². The number of urea groups is 1. The number of phenols is 1. The third-order valence-electron chi connectivity index (χ3n) is 8.02. The van der Waals surface area contributed by atoms with E-state index in [0.717, 1.165) is 28.8 Å². The molecule has 3 aromatic rings. The van der Waals surface area contributed by atoms with Gasteiger partial charge >= 0.3 is 6.03 Å². The van der Waals surface area contributed by atoms with Crippen LogP contribution >= 0.6 is 0 Å². The van der Waals surface area contributed by atoms with E-state index in [2.05, 4.69) is 31.6 Å². The van der Waals surface area contributed by atoms with Crippen LogP contribution in [0.1, 0.15) is 54.5 Å². The lowest BCUT2D eigenvalue weighted by molar-refractivity contribution is -0.132. The number of guanidine groups is 1. The predicted molar refractivity (Wildman–Crippen MR) is 182 cm³/mol. The summed E-state index contributed by atoms with van der Waals surface area (Å²) < 4.78 is 28.8. The summed E-state index contributed by atoms with van der Waals surface area (Å²) in [7, 11) is 0. The summed E-state index contributed by atoms with van der Waals surface area (Å²) in [5, 5.41) is 22.4. The maximum atomic E-state index is 14.4. The number of nitrogens with one attached hydrogen (secondary N) is 5. The lowest BCUT2D eigenvalue weighted by Gasteiger charge is -2.29. The second-order valence-corrected chi connectivity index (χ2v) is 11.6. The highest BCUT2D eigenvalue weighted by atomic mass is 19.1. The van der Waals surface area contributed by atoms with Crippen molar-refractivity contribution < 1.29 is 33.1 Å². The first-order valence-corrected chi connectivity index (χ1v) is 16.3. The highest BCUT2D eigenvalue weighted by molar-refractivity contribution is 5.95. The number of halogens is 2. The standard InChI is InChI=1S/C35H42F2N8O5/c1-2-30(47)39-15-16-41-35(50)44-34(38)40-14-8-13-29(32(48)42-19-26-27(36)17-25(46)18-28(26)37)43-33(49)31(22-9-4-3-5-10-22)45-20-23-11-6-7-12-24(23)21-45/h3-7,9-12,17-18,29,31,46H,2,8,13-16,19-21H2,1H3,(H,39,47)(H,42,48)(H,43,49)(H4,38,40,41,44,50)/t29?,31-/m1/s1. The Morgan fingerprint density at radius 3 is 2.16 bits per heavy atom. The smallest absolute Gasteiger partial charge is 0.321 e. The Bertz CT molecular complexity index is 1640. The summed E-state index contributed by atoms with van der Waals surface area (Å²) in [6, 6.07) is 16.0. The van der Waals surface area contributed by atoms with Crippen LogP contribution in [0.4, 0.5) is 13.6 Å². The number of carbonyl (C=O) groups excluding carboxylic acids is 4. The molecule has 0 fully saturated rings. The molecule has 13 nitrogen and oxygen atoms in total. The topological polar surface area (TPSA) is 190 Å². The molecule has 1 aliphatic heterocycles. The van der Waals surface area contributed by atoms with Crippen LogP contribution in [0.5, 0.6) is 5.75 Å². The summed E-state index contributed by atoms with van der Waals surface area (Å²) in [4.78, 5) is 57.0. The number of aromatic hydroxyl groups is 1. The van der Waals surface area contributed by atoms with Crippen molar-refractivity contribution in [3.63, 3.8) is 0 Å². The van der Waals surface area contributed by atoms with E-state index >= 15 is 0 Å². The van der Waals surface area contributed by atoms with E-state index < -0.39 is 59.4 Å². The average molecular weight is 693 g/mol. The fourth-order valence-electron chi connectivity index (χ4n) is 5.48. The molecule has 0 aliphatic carbocycles. The van der Waals surface area contributed by atoms with Crippen LogP contribution in [0.3, 0.4) is 0 Å². The van der Waals surface area contributed by atoms with Crippen LogP contribution in [-0.4, -0.2) is 65.4 Å². The highest BCUT2D eigenvalue weighted by Crippen LogP contribution is 2.31. The number of hydrogen-bond donors (Lipinski definition) is 7. The van der Waals surface area contributed by atoms with Gasteiger partial charge in [0.2, 0.25) is 17.7 Å². The molecule has 1 unspecified atom stereocenters. The van der Waals surface area contributed by atoms with Gasteiger partial charge in [0, 0.05) is 63.4 Å². The normalized spacial score (nSPS) is 13.9. The Hall–Kier alpha value is -5.57. The minimum atomic E-state index is -1.13. The summed E-state index contributed by atoms with van der Waals surface area (Å²) in [5.41, 5.74) is 8.29. The third-order valence-corrected chi connectivity index (χ3v) is 8.02. The number of amides is 5. The Labute approximate surface area is 288 Å². The predicted octanol–water partition coefficient (Wildman–Crippen LogP) is 2.45. The molecule has 0 radical (unpaired) electrons. The van der Waals surface area contributed by atoms with E-state index in [-0.39, 0.29) is 44.3 Å². The van der Waals surface area contributed by atoms with Gasteiger partial charge in [-0.05, 0) is 29.5 Å². The van der Waals surface area contributed by atoms with Crippen LogP contribution in [0.25, 0.3) is 0 Å². The molecule has 15 heteroatoms. The zero-order valence-corrected chi connectivity index (χ0v) is 27.7. The van der Waals surface area contributed by atoms with E-state index in [0.29, 0.717) is 19.5 Å². The average Bonchev–Trinajstić information content (AvgIpc) is 3.51. The lowest BCUT2D eigenvalue weighted by atomic mass is 10.0. The van der Waals surface area contributed by atoms with Crippen molar-refractivity contribution in [3.05, 3.63) is 101 Å². The summed E-state index contributed by atoms with van der Waals surface area (Å²) in [5.74, 6) is -4.12. The van der Waals surface area contributed by atoms with Gasteiger partial charge < -0.3 is 32.1 Å². The zero-order valence-electron chi connectivity index (χ0n) is 27.7. The first-order chi connectivity index (χ1) is 24.0. The van der Waals surface area contributed by atoms with Crippen molar-refractivity contribution in [2.24, 2.45) is 10.7 Å². The van der Waals surface area contributed by atoms with Crippen LogP contribution in [-0.2, 0) is 34.0 Å². The number of nitrogens with two attached hydrogens (primary N) is 1. The van der Waals surface area contributed by atoms with Gasteiger partial charge in [0.05, 0.1) is 0 Å². The summed E-state index contributed by atoms with van der Waals surface area (Å²) >= 11 is 0. The second kappa shape index (κ2) is 18.3. The molecule has 1 aliphatic rings. The van der Waals surface area contributed by atoms with E-state index in [1.807, 2.05) is 59.5 Å². The van der Waals surface area contributed by atoms with E-state index in [1.165, 1.54) is 0 Å². The van der Waals surface area contributed by atoms with Gasteiger partial charge in [-0.2, -0.15) is 0 Å². The van der Waals surface area contributed by atoms with Gasteiger partial charge in [0.1, 0.15) is 29.5 Å². The third kappa shape index (κ3) is 10.7. The highest BCUT2D eigenvalue weighted by Gasteiger charge is 2.34. The van der Waals surface area contributed by atoms with Gasteiger partial charge in [0.25, 0.3) is 0 Å². The zero-order chi connectivity index (χ0) is 36.0. The number of carbonyl (C=O) groups is 4. The quantitative estimate of drug-likeness (QED) is 0.0723. The number of hydrogen-bond acceptors (Lipinski definition) is 7. The largest absolute Gasteiger partial charge is 0.508 e. The maximum Gasteiger partial charge on any atom is 0.321 e. The first-order valence-electron chi connectivity index (χ1n) is 16.3. The Morgan fingerprint density at radius 1 is 0.900 bits per heavy atom. The summed E-state index contributed by atoms with van der Waals surface area (Å²) in [6.45, 7) is 2.70. The first kappa shape index (κ1) is 37.3. The van der Waals surface area contributed by atoms with E-state index in [4.69, 9.17) is 5.73 Å². The van der Waals surface area contributed by atoms with E-state index in [1.54, 1.807) is 6.92 Å². The molecule has 0 spiro atoms. The van der Waals surface area contributed by atoms with Gasteiger partial charge in [0.15, 0.2) is 5.96 Å². The Balaban J connectivity index is 1.43. The van der Waals surface area contributed by atoms with Crippen molar-refractivity contribution in [2.45, 2.75) is 57.9 Å². The van der Waals surface area contributed by atoms with Gasteiger partial charge in [-0.3, -0.25) is 29.6 Å². The molecular weight excluding hydrogens is 650 g/mol. The molecule has 2 atom stereocenters. The van der Waals surface area contributed by atoms with Crippen molar-refractivity contribution in [3.8, 4) is 5.75 Å². The van der Waals surface area contributed by atoms with Gasteiger partial charge in [-0.1, -0.05) is 61.5 Å². The fraction of sp³-hybridized carbons (Fsp3) is 0.343. The minimum Gasteiger partial charge on any atom is -0.508 e. The Morgan fingerprint density at radius 2 is 1.52 bits per heavy atom. The summed E-state index contributed by atoms with van der Waals surface area (Å²) in [6.07, 6.45) is 0.632. The fourth-order valence-corrected chi connectivity index (χ4v) is 5.48. The Kier molecular flexibility index (Phi) is 13.6. The molecule has 4 rings (SSSR count). The molecule has 266 valence electrons. The number of nitrogens with zero attached hydrogens (tertiary/aromatic N) is 2. The monoisotopic (exact) mass is 692 g/mol. The van der Waals surface area contributed by atoms with Crippen molar-refractivity contribution in [1.82, 2.24) is 31.5 Å². The number of aliphatic imine (C=N–C) groups is 1. The molecule has 0 bridgehead atoms. The molecule has 0 aromatic heterocycles. The second-order valence-electron chi connectivity index (χ2n) is 11.6. The molecule has 50 heavy (non-hydrogen) atoms.